The van der Waals surface area contributed by atoms with E-state index < -0.39 is 11.2 Å². The number of hydrogen-bond acceptors (Lipinski definition) is 7. The molecule has 0 amide bonds. The molecular weight excluding hydrogens is 412 g/mol. The fourth-order valence-electron chi connectivity index (χ4n) is 3.91. The number of nitrogens with one attached hydrogen (secondary N) is 2. The molecule has 166 valence electrons. The van der Waals surface area contributed by atoms with E-state index in [-0.39, 0.29) is 17.2 Å². The van der Waals surface area contributed by atoms with Gasteiger partial charge >= 0.3 is 5.16 Å². The third-order valence-corrected chi connectivity index (χ3v) is 7.23. The monoisotopic (exact) mass is 442 g/mol. The Bertz CT molecular complexity index is 1030. The van der Waals surface area contributed by atoms with Crippen molar-refractivity contribution in [2.45, 2.75) is 56.0 Å². The van der Waals surface area contributed by atoms with Crippen LogP contribution in [0.3, 0.4) is 0 Å². The summed E-state index contributed by atoms with van der Waals surface area (Å²) < 4.78 is 20.6. The molecule has 8 nitrogen and oxygen atoms in total. The second kappa shape index (κ2) is 9.42. The molecule has 1 aliphatic heterocycles. The van der Waals surface area contributed by atoms with Crippen LogP contribution in [0, 0.1) is 0 Å². The Labute approximate surface area is 186 Å². The second-order valence-corrected chi connectivity index (χ2v) is 9.82. The lowest BCUT2D eigenvalue weighted by atomic mass is 10.1. The molecule has 1 fully saturated rings. The van der Waals surface area contributed by atoms with E-state index >= 15 is 0 Å². The summed E-state index contributed by atoms with van der Waals surface area (Å²) in [5, 5.41) is 11.7. The lowest BCUT2D eigenvalue weighted by Crippen LogP contribution is -2.39. The van der Waals surface area contributed by atoms with Crippen LogP contribution < -0.4 is 15.4 Å². The van der Waals surface area contributed by atoms with Crippen LogP contribution in [0.15, 0.2) is 35.6 Å². The standard InChI is InChI=1S/C22H30N6O2S/c1-14(2)18-13-24-28-20(18)26-22(31(29)16-8-7-11-23-12-16)27-21(28)25-15(3)17-9-5-6-10-19(17)30-4/h5-6,9-10,13-16,23H,7-8,11-12H2,1-4H3,(H,25,26,27)/t15-,16+,31?/m0/s1. The van der Waals surface area contributed by atoms with Gasteiger partial charge in [0.2, 0.25) is 5.95 Å². The highest BCUT2D eigenvalue weighted by molar-refractivity contribution is 7.91. The van der Waals surface area contributed by atoms with Gasteiger partial charge in [0.15, 0.2) is 5.65 Å². The molecule has 0 radical (unpaired) electrons. The number of rotatable bonds is 7. The molecule has 3 aromatic rings. The maximum atomic E-state index is 13.3. The van der Waals surface area contributed by atoms with Crippen LogP contribution >= 0.6 is 0 Å². The first-order valence-corrected chi connectivity index (χ1v) is 12.0. The molecule has 4 rings (SSSR count). The van der Waals surface area contributed by atoms with Gasteiger partial charge in [-0.3, -0.25) is 0 Å². The Morgan fingerprint density at radius 3 is 2.74 bits per heavy atom. The minimum atomic E-state index is -1.30. The normalized spacial score (nSPS) is 18.8. The largest absolute Gasteiger partial charge is 0.609 e. The van der Waals surface area contributed by atoms with Gasteiger partial charge in [-0.1, -0.05) is 32.0 Å². The van der Waals surface area contributed by atoms with Gasteiger partial charge in [0.1, 0.15) is 11.0 Å². The van der Waals surface area contributed by atoms with Crippen molar-refractivity contribution in [3.63, 3.8) is 0 Å². The molecule has 0 aliphatic carbocycles. The van der Waals surface area contributed by atoms with Crippen molar-refractivity contribution >= 4 is 22.8 Å². The summed E-state index contributed by atoms with van der Waals surface area (Å²) in [4.78, 5) is 9.38. The fraction of sp³-hybridized carbons (Fsp3) is 0.500. The van der Waals surface area contributed by atoms with E-state index in [1.807, 2.05) is 37.4 Å². The first-order valence-electron chi connectivity index (χ1n) is 10.8. The highest BCUT2D eigenvalue weighted by Gasteiger charge is 2.31. The number of nitrogens with zero attached hydrogens (tertiary/aromatic N) is 4. The summed E-state index contributed by atoms with van der Waals surface area (Å²) in [6.45, 7) is 7.94. The molecule has 1 saturated heterocycles. The Morgan fingerprint density at radius 2 is 2.03 bits per heavy atom. The predicted molar refractivity (Wildman–Crippen MR) is 122 cm³/mol. The van der Waals surface area contributed by atoms with Gasteiger partial charge in [-0.05, 0) is 38.3 Å². The molecule has 1 unspecified atom stereocenters. The maximum absolute atomic E-state index is 13.3. The first-order chi connectivity index (χ1) is 15.0. The molecule has 3 heterocycles. The van der Waals surface area contributed by atoms with Crippen LogP contribution in [0.5, 0.6) is 5.75 Å². The Kier molecular flexibility index (Phi) is 6.64. The number of methoxy groups -OCH3 is 1. The highest BCUT2D eigenvalue weighted by atomic mass is 32.2. The summed E-state index contributed by atoms with van der Waals surface area (Å²) in [6, 6.07) is 7.78. The van der Waals surface area contributed by atoms with Crippen LogP contribution in [0.4, 0.5) is 5.95 Å². The average molecular weight is 443 g/mol. The van der Waals surface area contributed by atoms with Gasteiger partial charge in [-0.15, -0.1) is 4.98 Å². The maximum Gasteiger partial charge on any atom is 0.348 e. The van der Waals surface area contributed by atoms with E-state index in [0.29, 0.717) is 16.8 Å². The van der Waals surface area contributed by atoms with Crippen LogP contribution in [0.2, 0.25) is 0 Å². The van der Waals surface area contributed by atoms with Gasteiger partial charge in [0, 0.05) is 28.8 Å². The number of para-hydroxylation sites is 1. The number of benzene rings is 1. The van der Waals surface area contributed by atoms with Crippen molar-refractivity contribution in [2.24, 2.45) is 0 Å². The molecule has 31 heavy (non-hydrogen) atoms. The van der Waals surface area contributed by atoms with E-state index in [4.69, 9.17) is 9.72 Å². The molecule has 0 saturated carbocycles. The highest BCUT2D eigenvalue weighted by Crippen LogP contribution is 2.29. The van der Waals surface area contributed by atoms with Crippen molar-refractivity contribution in [1.29, 1.82) is 0 Å². The number of aromatic nitrogens is 4. The van der Waals surface area contributed by atoms with Gasteiger partial charge < -0.3 is 19.9 Å². The molecule has 2 aromatic heterocycles. The van der Waals surface area contributed by atoms with Crippen molar-refractivity contribution in [1.82, 2.24) is 24.9 Å². The van der Waals surface area contributed by atoms with Gasteiger partial charge in [0.25, 0.3) is 0 Å². The molecule has 0 spiro atoms. The Balaban J connectivity index is 1.74. The molecule has 1 aliphatic rings. The van der Waals surface area contributed by atoms with Crippen LogP contribution in [-0.4, -0.2) is 49.6 Å². The zero-order valence-electron chi connectivity index (χ0n) is 18.5. The minimum Gasteiger partial charge on any atom is -0.609 e. The van der Waals surface area contributed by atoms with E-state index in [2.05, 4.69) is 34.6 Å². The first kappa shape index (κ1) is 21.9. The van der Waals surface area contributed by atoms with Crippen molar-refractivity contribution in [3.8, 4) is 5.75 Å². The zero-order chi connectivity index (χ0) is 22.0. The van der Waals surface area contributed by atoms with Crippen LogP contribution in [0.1, 0.15) is 56.7 Å². The van der Waals surface area contributed by atoms with Gasteiger partial charge in [-0.25, -0.2) is 0 Å². The van der Waals surface area contributed by atoms with Gasteiger partial charge in [0.05, 0.1) is 19.3 Å². The SMILES string of the molecule is COc1ccccc1[C@H](C)Nc1nc([S+]([O-])[C@@H]2CCCNC2)nc2c(C(C)C)cnn12. The van der Waals surface area contributed by atoms with E-state index in [9.17, 15) is 4.55 Å². The third kappa shape index (κ3) is 4.49. The summed E-state index contributed by atoms with van der Waals surface area (Å²) in [5.41, 5.74) is 2.72. The Morgan fingerprint density at radius 1 is 1.23 bits per heavy atom. The van der Waals surface area contributed by atoms with Crippen LogP contribution in [-0.2, 0) is 11.2 Å². The number of anilines is 1. The number of ether oxygens (including phenoxy) is 1. The van der Waals surface area contributed by atoms with Crippen LogP contribution in [0.25, 0.3) is 5.65 Å². The lowest BCUT2D eigenvalue weighted by molar-refractivity contribution is 0.408. The lowest BCUT2D eigenvalue weighted by Gasteiger charge is -2.24. The Hall–Kier alpha value is -2.36. The van der Waals surface area contributed by atoms with E-state index in [0.717, 1.165) is 42.8 Å². The summed E-state index contributed by atoms with van der Waals surface area (Å²) in [6.07, 6.45) is 3.74. The summed E-state index contributed by atoms with van der Waals surface area (Å²) in [7, 11) is 1.66. The van der Waals surface area contributed by atoms with Crippen molar-refractivity contribution < 1.29 is 9.29 Å². The molecule has 2 N–H and O–H groups in total. The molecule has 9 heteroatoms. The van der Waals surface area contributed by atoms with Gasteiger partial charge in [-0.2, -0.15) is 14.6 Å². The number of fused-ring (bicyclic) bond motifs is 1. The molecule has 1 aromatic carbocycles. The molecule has 0 bridgehead atoms. The van der Waals surface area contributed by atoms with E-state index in [1.165, 1.54) is 0 Å². The fourth-order valence-corrected chi connectivity index (χ4v) is 5.21. The zero-order valence-corrected chi connectivity index (χ0v) is 19.3. The molecule has 3 atom stereocenters. The van der Waals surface area contributed by atoms with Crippen molar-refractivity contribution in [3.05, 3.63) is 41.6 Å². The number of hydrogen-bond donors (Lipinski definition) is 2. The number of piperidine rings is 1. The summed E-state index contributed by atoms with van der Waals surface area (Å²) >= 11 is -1.30. The topological polar surface area (TPSA) is 99.4 Å². The predicted octanol–water partition coefficient (Wildman–Crippen LogP) is 3.29. The quantitative estimate of drug-likeness (QED) is 0.542. The second-order valence-electron chi connectivity index (χ2n) is 8.19. The molecular formula is C22H30N6O2S. The van der Waals surface area contributed by atoms with E-state index in [1.54, 1.807) is 11.6 Å². The minimum absolute atomic E-state index is 0.0149. The average Bonchev–Trinajstić information content (AvgIpc) is 3.23. The summed E-state index contributed by atoms with van der Waals surface area (Å²) in [5.74, 6) is 1.57. The van der Waals surface area contributed by atoms with Crippen molar-refractivity contribution in [2.75, 3.05) is 25.5 Å². The smallest absolute Gasteiger partial charge is 0.348 e. The third-order valence-electron chi connectivity index (χ3n) is 5.68.